The van der Waals surface area contributed by atoms with Crippen LogP contribution in [0.5, 0.6) is 0 Å². The largest absolute Gasteiger partial charge is 0.457 e. The van der Waals surface area contributed by atoms with Crippen molar-refractivity contribution in [1.29, 1.82) is 5.26 Å². The van der Waals surface area contributed by atoms with Gasteiger partial charge in [0, 0.05) is 36.9 Å². The molecule has 3 aromatic rings. The Morgan fingerprint density at radius 1 is 1.27 bits per heavy atom. The molecule has 0 spiro atoms. The SMILES string of the molecule is Cc1cc(-c2nnc(CN3C[C@@H](c4ccc5c(c4C)COC5=O)N[C@@H](C)C3)o2)ncc1C#N. The topological polar surface area (TPSA) is 117 Å². The van der Waals surface area contributed by atoms with Gasteiger partial charge in [0.05, 0.1) is 17.7 Å². The highest BCUT2D eigenvalue weighted by molar-refractivity contribution is 5.94. The van der Waals surface area contributed by atoms with Gasteiger partial charge in [0.25, 0.3) is 5.89 Å². The van der Waals surface area contributed by atoms with Gasteiger partial charge in [-0.3, -0.25) is 4.90 Å². The minimum Gasteiger partial charge on any atom is -0.457 e. The quantitative estimate of drug-likeness (QED) is 0.606. The molecule has 1 aromatic carbocycles. The van der Waals surface area contributed by atoms with Crippen LogP contribution in [0.25, 0.3) is 11.6 Å². The summed E-state index contributed by atoms with van der Waals surface area (Å²) in [6.07, 6.45) is 1.52. The molecule has 9 heteroatoms. The Labute approximate surface area is 191 Å². The Bertz CT molecular complexity index is 1280. The first-order valence-corrected chi connectivity index (χ1v) is 10.9. The Morgan fingerprint density at radius 3 is 2.91 bits per heavy atom. The van der Waals surface area contributed by atoms with E-state index in [9.17, 15) is 4.79 Å². The van der Waals surface area contributed by atoms with Crippen molar-refractivity contribution < 1.29 is 13.9 Å². The van der Waals surface area contributed by atoms with E-state index in [2.05, 4.69) is 45.3 Å². The zero-order valence-electron chi connectivity index (χ0n) is 18.8. The lowest BCUT2D eigenvalue weighted by molar-refractivity contribution is 0.0535. The summed E-state index contributed by atoms with van der Waals surface area (Å²) in [6.45, 7) is 8.53. The van der Waals surface area contributed by atoms with Crippen LogP contribution < -0.4 is 5.32 Å². The van der Waals surface area contributed by atoms with Gasteiger partial charge in [-0.25, -0.2) is 9.78 Å². The van der Waals surface area contributed by atoms with Crippen LogP contribution in [-0.4, -0.2) is 45.2 Å². The molecule has 0 bridgehead atoms. The zero-order chi connectivity index (χ0) is 23.1. The maximum atomic E-state index is 11.9. The Morgan fingerprint density at radius 2 is 2.12 bits per heavy atom. The van der Waals surface area contributed by atoms with Crippen LogP contribution in [0.4, 0.5) is 0 Å². The number of hydrogen-bond donors (Lipinski definition) is 1. The molecule has 2 aliphatic rings. The van der Waals surface area contributed by atoms with Crippen molar-refractivity contribution in [2.24, 2.45) is 0 Å². The summed E-state index contributed by atoms with van der Waals surface area (Å²) in [5.74, 6) is 0.619. The summed E-state index contributed by atoms with van der Waals surface area (Å²) in [4.78, 5) is 18.4. The molecule has 0 radical (unpaired) electrons. The number of nitriles is 1. The number of piperazine rings is 1. The number of aromatic nitrogens is 3. The summed E-state index contributed by atoms with van der Waals surface area (Å²) < 4.78 is 11.1. The Hall–Kier alpha value is -3.61. The summed E-state index contributed by atoms with van der Waals surface area (Å²) in [5, 5.41) is 21.1. The predicted octanol–water partition coefficient (Wildman–Crippen LogP) is 2.83. The molecular weight excluding hydrogens is 420 g/mol. The number of carbonyl (C=O) groups excluding carboxylic acids is 1. The molecule has 168 valence electrons. The summed E-state index contributed by atoms with van der Waals surface area (Å²) in [6, 6.07) is 8.16. The minimum atomic E-state index is -0.245. The highest BCUT2D eigenvalue weighted by Crippen LogP contribution is 2.31. The number of pyridine rings is 1. The van der Waals surface area contributed by atoms with E-state index < -0.39 is 0 Å². The van der Waals surface area contributed by atoms with Crippen LogP contribution in [0, 0.1) is 25.2 Å². The molecule has 0 aliphatic carbocycles. The van der Waals surface area contributed by atoms with E-state index in [1.54, 1.807) is 6.07 Å². The lowest BCUT2D eigenvalue weighted by Crippen LogP contribution is -2.50. The van der Waals surface area contributed by atoms with Crippen molar-refractivity contribution in [3.05, 3.63) is 63.7 Å². The molecule has 0 unspecified atom stereocenters. The van der Waals surface area contributed by atoms with Crippen molar-refractivity contribution in [2.45, 2.75) is 46.0 Å². The number of carbonyl (C=O) groups is 1. The summed E-state index contributed by atoms with van der Waals surface area (Å²) >= 11 is 0. The van der Waals surface area contributed by atoms with Crippen LogP contribution in [-0.2, 0) is 17.9 Å². The van der Waals surface area contributed by atoms with Gasteiger partial charge >= 0.3 is 5.97 Å². The first-order valence-electron chi connectivity index (χ1n) is 10.9. The van der Waals surface area contributed by atoms with Gasteiger partial charge in [-0.2, -0.15) is 5.26 Å². The smallest absolute Gasteiger partial charge is 0.338 e. The maximum Gasteiger partial charge on any atom is 0.338 e. The van der Waals surface area contributed by atoms with Gasteiger partial charge in [-0.15, -0.1) is 10.2 Å². The van der Waals surface area contributed by atoms with E-state index >= 15 is 0 Å². The minimum absolute atomic E-state index is 0.111. The number of ether oxygens (including phenoxy) is 1. The third-order valence-corrected chi connectivity index (χ3v) is 6.32. The molecule has 1 fully saturated rings. The van der Waals surface area contributed by atoms with Gasteiger partial charge in [-0.1, -0.05) is 6.07 Å². The molecule has 2 aliphatic heterocycles. The van der Waals surface area contributed by atoms with Crippen LogP contribution in [0.3, 0.4) is 0 Å². The number of aryl methyl sites for hydroxylation is 1. The number of esters is 1. The van der Waals surface area contributed by atoms with Crippen LogP contribution in [0.2, 0.25) is 0 Å². The fraction of sp³-hybridized carbons (Fsp3) is 0.375. The highest BCUT2D eigenvalue weighted by Gasteiger charge is 2.30. The zero-order valence-corrected chi connectivity index (χ0v) is 18.8. The van der Waals surface area contributed by atoms with Crippen molar-refractivity contribution in [3.63, 3.8) is 0 Å². The van der Waals surface area contributed by atoms with Gasteiger partial charge in [-0.05, 0) is 49.6 Å². The molecule has 2 atom stereocenters. The third kappa shape index (κ3) is 3.99. The molecular formula is C24H24N6O3. The van der Waals surface area contributed by atoms with E-state index in [1.165, 1.54) is 11.8 Å². The van der Waals surface area contributed by atoms with Crippen molar-refractivity contribution in [3.8, 4) is 17.7 Å². The van der Waals surface area contributed by atoms with Gasteiger partial charge in [0.1, 0.15) is 18.4 Å². The van der Waals surface area contributed by atoms with E-state index in [4.69, 9.17) is 14.4 Å². The molecule has 33 heavy (non-hydrogen) atoms. The first kappa shape index (κ1) is 21.2. The molecule has 1 saturated heterocycles. The van der Waals surface area contributed by atoms with Gasteiger partial charge in [0.2, 0.25) is 5.89 Å². The van der Waals surface area contributed by atoms with Crippen molar-refractivity contribution >= 4 is 5.97 Å². The summed E-state index contributed by atoms with van der Waals surface area (Å²) in [7, 11) is 0. The molecule has 4 heterocycles. The van der Waals surface area contributed by atoms with E-state index in [-0.39, 0.29) is 18.1 Å². The molecule has 0 amide bonds. The normalized spacial score (nSPS) is 20.4. The highest BCUT2D eigenvalue weighted by atomic mass is 16.5. The van der Waals surface area contributed by atoms with Crippen LogP contribution >= 0.6 is 0 Å². The van der Waals surface area contributed by atoms with Crippen LogP contribution in [0.15, 0.2) is 28.8 Å². The number of hydrogen-bond acceptors (Lipinski definition) is 9. The number of nitrogens with zero attached hydrogens (tertiary/aromatic N) is 5. The van der Waals surface area contributed by atoms with E-state index in [1.807, 2.05) is 19.1 Å². The fourth-order valence-corrected chi connectivity index (χ4v) is 4.63. The average molecular weight is 444 g/mol. The van der Waals surface area contributed by atoms with E-state index in [0.29, 0.717) is 41.8 Å². The van der Waals surface area contributed by atoms with Crippen molar-refractivity contribution in [1.82, 2.24) is 25.4 Å². The molecule has 1 N–H and O–H groups in total. The Balaban J connectivity index is 1.33. The first-order chi connectivity index (χ1) is 15.9. The number of nitrogens with one attached hydrogen (secondary N) is 1. The number of cyclic esters (lactones) is 1. The summed E-state index contributed by atoms with van der Waals surface area (Å²) in [5.41, 5.74) is 5.83. The van der Waals surface area contributed by atoms with Gasteiger partial charge < -0.3 is 14.5 Å². The average Bonchev–Trinajstić information content (AvgIpc) is 3.41. The fourth-order valence-electron chi connectivity index (χ4n) is 4.63. The Kier molecular flexibility index (Phi) is 5.40. The van der Waals surface area contributed by atoms with Crippen LogP contribution in [0.1, 0.15) is 57.0 Å². The lowest BCUT2D eigenvalue weighted by atomic mass is 9.92. The molecule has 0 saturated carbocycles. The molecule has 2 aromatic heterocycles. The number of rotatable bonds is 4. The monoisotopic (exact) mass is 444 g/mol. The molecule has 5 rings (SSSR count). The maximum absolute atomic E-state index is 11.9. The molecule has 9 nitrogen and oxygen atoms in total. The number of fused-ring (bicyclic) bond motifs is 1. The predicted molar refractivity (Wildman–Crippen MR) is 118 cm³/mol. The van der Waals surface area contributed by atoms with Crippen molar-refractivity contribution in [2.75, 3.05) is 13.1 Å². The third-order valence-electron chi connectivity index (χ3n) is 6.32. The van der Waals surface area contributed by atoms with Gasteiger partial charge in [0.15, 0.2) is 0 Å². The second kappa shape index (κ2) is 8.39. The second-order valence-corrected chi connectivity index (χ2v) is 8.69. The standard InChI is InChI=1S/C24H24N6O3/c1-13-6-20(26-8-16(13)7-25)23-29-28-22(33-23)11-30-9-14(2)27-21(10-30)17-4-5-18-19(15(17)3)12-32-24(18)31/h4-6,8,14,21,27H,9-12H2,1-3H3/t14-,21-/m0/s1. The number of benzene rings is 1. The van der Waals surface area contributed by atoms with E-state index in [0.717, 1.165) is 29.8 Å². The lowest BCUT2D eigenvalue weighted by Gasteiger charge is -2.38. The second-order valence-electron chi connectivity index (χ2n) is 8.69.